The number of ether oxygens (including phenoxy) is 1. The Kier molecular flexibility index (Phi) is 4.07. The number of aromatic nitrogens is 1. The number of hydrogen-bond acceptors (Lipinski definition) is 4. The van der Waals surface area contributed by atoms with Gasteiger partial charge in [0.2, 0.25) is 0 Å². The van der Waals surface area contributed by atoms with Gasteiger partial charge in [-0.3, -0.25) is 9.78 Å². The summed E-state index contributed by atoms with van der Waals surface area (Å²) in [7, 11) is 1.55. The summed E-state index contributed by atoms with van der Waals surface area (Å²) in [4.78, 5) is 15.4. The maximum absolute atomic E-state index is 11.5. The molecule has 2 N–H and O–H groups in total. The summed E-state index contributed by atoms with van der Waals surface area (Å²) in [5, 5.41) is 0. The van der Waals surface area contributed by atoms with Gasteiger partial charge >= 0.3 is 0 Å². The van der Waals surface area contributed by atoms with E-state index < -0.39 is 0 Å². The molecule has 0 aromatic carbocycles. The number of carbonyl (C=O) groups excluding carboxylic acids is 1. The molecular weight excluding hydrogens is 180 g/mol. The van der Waals surface area contributed by atoms with E-state index in [1.54, 1.807) is 25.6 Å². The van der Waals surface area contributed by atoms with E-state index in [0.717, 1.165) is 0 Å². The maximum atomic E-state index is 11.5. The topological polar surface area (TPSA) is 65.2 Å². The number of pyridine rings is 1. The van der Waals surface area contributed by atoms with Crippen molar-refractivity contribution in [3.8, 4) is 5.75 Å². The Hall–Kier alpha value is -1.42. The van der Waals surface area contributed by atoms with Crippen molar-refractivity contribution in [2.24, 2.45) is 5.73 Å². The van der Waals surface area contributed by atoms with Gasteiger partial charge in [0, 0.05) is 18.2 Å². The highest BCUT2D eigenvalue weighted by Crippen LogP contribution is 2.12. The average Bonchev–Trinajstić information content (AvgIpc) is 2.26. The standard InChI is InChI=1S/C10H14N2O2/c1-14-9-5-8(6-12-7-9)10(13)3-2-4-11/h5-7H,2-4,11H2,1H3. The SMILES string of the molecule is COc1cncc(C(=O)CCCN)c1. The van der Waals surface area contributed by atoms with E-state index in [1.165, 1.54) is 0 Å². The first-order valence-electron chi connectivity index (χ1n) is 4.50. The van der Waals surface area contributed by atoms with Crippen LogP contribution in [0.2, 0.25) is 0 Å². The molecule has 14 heavy (non-hydrogen) atoms. The van der Waals surface area contributed by atoms with Crippen molar-refractivity contribution in [3.05, 3.63) is 24.0 Å². The van der Waals surface area contributed by atoms with E-state index in [9.17, 15) is 4.79 Å². The number of Topliss-reactive ketones (excluding diaryl/α,β-unsaturated/α-hetero) is 1. The normalized spacial score (nSPS) is 9.86. The fraction of sp³-hybridized carbons (Fsp3) is 0.400. The van der Waals surface area contributed by atoms with Crippen LogP contribution in [0.4, 0.5) is 0 Å². The van der Waals surface area contributed by atoms with Gasteiger partial charge in [0.25, 0.3) is 0 Å². The number of hydrogen-bond donors (Lipinski definition) is 1. The molecule has 0 saturated heterocycles. The lowest BCUT2D eigenvalue weighted by Gasteiger charge is -2.02. The Balaban J connectivity index is 2.69. The van der Waals surface area contributed by atoms with Crippen LogP contribution in [0.5, 0.6) is 5.75 Å². The van der Waals surface area contributed by atoms with E-state index in [1.807, 2.05) is 0 Å². The van der Waals surface area contributed by atoms with Crippen LogP contribution in [0.25, 0.3) is 0 Å². The first-order valence-corrected chi connectivity index (χ1v) is 4.50. The van der Waals surface area contributed by atoms with Gasteiger partial charge in [-0.1, -0.05) is 0 Å². The van der Waals surface area contributed by atoms with Crippen LogP contribution in [0, 0.1) is 0 Å². The summed E-state index contributed by atoms with van der Waals surface area (Å²) in [5.74, 6) is 0.658. The highest BCUT2D eigenvalue weighted by atomic mass is 16.5. The molecule has 0 amide bonds. The van der Waals surface area contributed by atoms with Crippen LogP contribution < -0.4 is 10.5 Å². The molecule has 0 aliphatic carbocycles. The first kappa shape index (κ1) is 10.7. The van der Waals surface area contributed by atoms with Gasteiger partial charge in [0.15, 0.2) is 5.78 Å². The van der Waals surface area contributed by atoms with Crippen molar-refractivity contribution in [2.45, 2.75) is 12.8 Å². The minimum absolute atomic E-state index is 0.0573. The van der Waals surface area contributed by atoms with Gasteiger partial charge in [-0.25, -0.2) is 0 Å². The van der Waals surface area contributed by atoms with Crippen molar-refractivity contribution in [1.82, 2.24) is 4.98 Å². The molecule has 0 atom stereocenters. The van der Waals surface area contributed by atoms with Crippen molar-refractivity contribution in [1.29, 1.82) is 0 Å². The summed E-state index contributed by atoms with van der Waals surface area (Å²) in [6, 6.07) is 1.69. The Morgan fingerprint density at radius 3 is 3.00 bits per heavy atom. The van der Waals surface area contributed by atoms with Crippen LogP contribution in [-0.4, -0.2) is 24.4 Å². The molecule has 1 rings (SSSR count). The first-order chi connectivity index (χ1) is 6.77. The van der Waals surface area contributed by atoms with Crippen LogP contribution in [0.15, 0.2) is 18.5 Å². The molecule has 1 aromatic rings. The zero-order valence-electron chi connectivity index (χ0n) is 8.19. The predicted molar refractivity (Wildman–Crippen MR) is 53.4 cm³/mol. The summed E-state index contributed by atoms with van der Waals surface area (Å²) < 4.78 is 4.97. The molecule has 0 aliphatic heterocycles. The molecule has 0 radical (unpaired) electrons. The highest BCUT2D eigenvalue weighted by molar-refractivity contribution is 5.96. The fourth-order valence-electron chi connectivity index (χ4n) is 1.09. The molecule has 0 unspecified atom stereocenters. The summed E-state index contributed by atoms with van der Waals surface area (Å²) in [5.41, 5.74) is 5.90. The van der Waals surface area contributed by atoms with Gasteiger partial charge in [-0.15, -0.1) is 0 Å². The average molecular weight is 194 g/mol. The van der Waals surface area contributed by atoms with Gasteiger partial charge in [0.05, 0.1) is 13.3 Å². The minimum Gasteiger partial charge on any atom is -0.495 e. The monoisotopic (exact) mass is 194 g/mol. The van der Waals surface area contributed by atoms with E-state index in [0.29, 0.717) is 30.7 Å². The van der Waals surface area contributed by atoms with Crippen molar-refractivity contribution in [3.63, 3.8) is 0 Å². The molecule has 1 heterocycles. The van der Waals surface area contributed by atoms with Crippen molar-refractivity contribution < 1.29 is 9.53 Å². The third kappa shape index (κ3) is 2.81. The van der Waals surface area contributed by atoms with E-state index >= 15 is 0 Å². The Bertz CT molecular complexity index is 313. The molecule has 0 bridgehead atoms. The quantitative estimate of drug-likeness (QED) is 0.710. The van der Waals surface area contributed by atoms with E-state index in [-0.39, 0.29) is 5.78 Å². The molecular formula is C10H14N2O2. The highest BCUT2D eigenvalue weighted by Gasteiger charge is 2.06. The number of ketones is 1. The molecule has 1 aromatic heterocycles. The van der Waals surface area contributed by atoms with Crippen LogP contribution in [-0.2, 0) is 0 Å². The van der Waals surface area contributed by atoms with Crippen LogP contribution >= 0.6 is 0 Å². The Labute approximate surface area is 83.1 Å². The zero-order chi connectivity index (χ0) is 10.4. The Morgan fingerprint density at radius 1 is 1.57 bits per heavy atom. The van der Waals surface area contributed by atoms with E-state index in [4.69, 9.17) is 10.5 Å². The zero-order valence-corrected chi connectivity index (χ0v) is 8.19. The summed E-state index contributed by atoms with van der Waals surface area (Å²) >= 11 is 0. The molecule has 0 spiro atoms. The van der Waals surface area contributed by atoms with E-state index in [2.05, 4.69) is 4.98 Å². The molecule has 4 heteroatoms. The van der Waals surface area contributed by atoms with Crippen LogP contribution in [0.3, 0.4) is 0 Å². The number of rotatable bonds is 5. The number of nitrogens with zero attached hydrogens (tertiary/aromatic N) is 1. The third-order valence-electron chi connectivity index (χ3n) is 1.88. The van der Waals surface area contributed by atoms with Gasteiger partial charge < -0.3 is 10.5 Å². The largest absolute Gasteiger partial charge is 0.495 e. The summed E-state index contributed by atoms with van der Waals surface area (Å²) in [6.45, 7) is 0.531. The number of nitrogens with two attached hydrogens (primary N) is 1. The predicted octanol–water partition coefficient (Wildman–Crippen LogP) is 1.01. The number of methoxy groups -OCH3 is 1. The second-order valence-electron chi connectivity index (χ2n) is 2.93. The molecule has 0 fully saturated rings. The lowest BCUT2D eigenvalue weighted by Crippen LogP contribution is -2.05. The molecule has 76 valence electrons. The maximum Gasteiger partial charge on any atom is 0.164 e. The summed E-state index contributed by atoms with van der Waals surface area (Å²) in [6.07, 6.45) is 4.28. The lowest BCUT2D eigenvalue weighted by atomic mass is 10.1. The molecule has 0 aliphatic rings. The third-order valence-corrected chi connectivity index (χ3v) is 1.88. The van der Waals surface area contributed by atoms with Gasteiger partial charge in [-0.05, 0) is 19.0 Å². The molecule has 0 saturated carbocycles. The smallest absolute Gasteiger partial charge is 0.164 e. The van der Waals surface area contributed by atoms with Crippen LogP contribution in [0.1, 0.15) is 23.2 Å². The Morgan fingerprint density at radius 2 is 2.36 bits per heavy atom. The second-order valence-corrected chi connectivity index (χ2v) is 2.93. The van der Waals surface area contributed by atoms with Gasteiger partial charge in [-0.2, -0.15) is 0 Å². The lowest BCUT2D eigenvalue weighted by molar-refractivity contribution is 0.0980. The molecule has 4 nitrogen and oxygen atoms in total. The number of carbonyl (C=O) groups is 1. The second kappa shape index (κ2) is 5.34. The van der Waals surface area contributed by atoms with Gasteiger partial charge in [0.1, 0.15) is 5.75 Å². The van der Waals surface area contributed by atoms with Crippen molar-refractivity contribution >= 4 is 5.78 Å². The fourth-order valence-corrected chi connectivity index (χ4v) is 1.09. The van der Waals surface area contributed by atoms with Crippen molar-refractivity contribution in [2.75, 3.05) is 13.7 Å². The minimum atomic E-state index is 0.0573.